The molecule has 0 bridgehead atoms. The Labute approximate surface area is 100 Å². The Morgan fingerprint density at radius 3 is 2.25 bits per heavy atom. The van der Waals surface area contributed by atoms with Crippen molar-refractivity contribution >= 4 is 11.8 Å². The molecule has 1 nitrogen and oxygen atoms in total. The average molecular weight is 230 g/mol. The lowest BCUT2D eigenvalue weighted by molar-refractivity contribution is 0.306. The summed E-state index contributed by atoms with van der Waals surface area (Å²) in [4.78, 5) is 1.26. The minimum absolute atomic E-state index is 0.624. The molecule has 0 aromatic heterocycles. The molecule has 0 aliphatic carbocycles. The van der Waals surface area contributed by atoms with Crippen LogP contribution in [0.25, 0.3) is 0 Å². The van der Waals surface area contributed by atoms with Crippen LogP contribution in [-0.2, 0) is 6.61 Å². The van der Waals surface area contributed by atoms with Crippen LogP contribution in [0.5, 0.6) is 5.75 Å². The molecule has 0 N–H and O–H groups in total. The van der Waals surface area contributed by atoms with E-state index in [0.29, 0.717) is 6.61 Å². The Morgan fingerprint density at radius 2 is 1.62 bits per heavy atom. The van der Waals surface area contributed by atoms with Crippen LogP contribution in [0.2, 0.25) is 0 Å². The molecule has 0 saturated heterocycles. The van der Waals surface area contributed by atoms with Crippen LogP contribution < -0.4 is 4.74 Å². The summed E-state index contributed by atoms with van der Waals surface area (Å²) in [5.74, 6) is 0.918. The molecule has 0 fully saturated rings. The highest BCUT2D eigenvalue weighted by atomic mass is 32.2. The molecule has 82 valence electrons. The number of thioether (sulfide) groups is 1. The molecule has 0 radical (unpaired) electrons. The predicted molar refractivity (Wildman–Crippen MR) is 69.0 cm³/mol. The van der Waals surface area contributed by atoms with Gasteiger partial charge in [0.05, 0.1) is 0 Å². The molecule has 16 heavy (non-hydrogen) atoms. The van der Waals surface area contributed by atoms with Crippen LogP contribution in [0.4, 0.5) is 0 Å². The molecule has 0 saturated carbocycles. The van der Waals surface area contributed by atoms with E-state index in [1.54, 1.807) is 11.8 Å². The van der Waals surface area contributed by atoms with Crippen molar-refractivity contribution in [2.24, 2.45) is 0 Å². The van der Waals surface area contributed by atoms with E-state index in [0.717, 1.165) is 5.75 Å². The maximum absolute atomic E-state index is 5.68. The molecule has 0 atom stereocenters. The molecule has 2 aromatic carbocycles. The highest BCUT2D eigenvalue weighted by Gasteiger charge is 1.95. The van der Waals surface area contributed by atoms with Gasteiger partial charge in [-0.05, 0) is 36.1 Å². The van der Waals surface area contributed by atoms with E-state index in [1.807, 2.05) is 30.3 Å². The van der Waals surface area contributed by atoms with Crippen LogP contribution in [0.1, 0.15) is 5.56 Å². The molecule has 0 heterocycles. The maximum Gasteiger partial charge on any atom is 0.119 e. The van der Waals surface area contributed by atoms with Crippen LogP contribution in [0.15, 0.2) is 59.5 Å². The second kappa shape index (κ2) is 5.61. The second-order valence-corrected chi connectivity index (χ2v) is 4.33. The Kier molecular flexibility index (Phi) is 3.89. The van der Waals surface area contributed by atoms with Gasteiger partial charge < -0.3 is 4.74 Å². The van der Waals surface area contributed by atoms with E-state index in [4.69, 9.17) is 4.74 Å². The van der Waals surface area contributed by atoms with E-state index in [-0.39, 0.29) is 0 Å². The third-order valence-corrected chi connectivity index (χ3v) is 3.05. The summed E-state index contributed by atoms with van der Waals surface area (Å²) in [6.45, 7) is 0.624. The third kappa shape index (κ3) is 3.04. The molecule has 2 heteroatoms. The van der Waals surface area contributed by atoms with E-state index in [9.17, 15) is 0 Å². The van der Waals surface area contributed by atoms with Gasteiger partial charge in [-0.1, -0.05) is 30.3 Å². The van der Waals surface area contributed by atoms with Crippen molar-refractivity contribution in [3.8, 4) is 5.75 Å². The molecular weight excluding hydrogens is 216 g/mol. The number of hydrogen-bond acceptors (Lipinski definition) is 2. The minimum Gasteiger partial charge on any atom is -0.489 e. The lowest BCUT2D eigenvalue weighted by Gasteiger charge is -2.06. The minimum atomic E-state index is 0.624. The number of benzene rings is 2. The first-order chi connectivity index (χ1) is 7.88. The normalized spacial score (nSPS) is 10.1. The van der Waals surface area contributed by atoms with Crippen molar-refractivity contribution in [1.82, 2.24) is 0 Å². The Morgan fingerprint density at radius 1 is 0.938 bits per heavy atom. The van der Waals surface area contributed by atoms with E-state index in [2.05, 4.69) is 30.5 Å². The summed E-state index contributed by atoms with van der Waals surface area (Å²) in [6, 6.07) is 18.4. The van der Waals surface area contributed by atoms with Gasteiger partial charge in [-0.2, -0.15) is 0 Å². The second-order valence-electron chi connectivity index (χ2n) is 3.45. The molecular formula is C14H14OS. The average Bonchev–Trinajstić information content (AvgIpc) is 2.38. The SMILES string of the molecule is CSc1ccc(OCc2ccccc2)cc1. The fraction of sp³-hybridized carbons (Fsp3) is 0.143. The summed E-state index contributed by atoms with van der Waals surface area (Å²) in [7, 11) is 0. The zero-order valence-corrected chi connectivity index (χ0v) is 10.0. The van der Waals surface area contributed by atoms with E-state index in [1.165, 1.54) is 10.5 Å². The fourth-order valence-corrected chi connectivity index (χ4v) is 1.82. The van der Waals surface area contributed by atoms with Gasteiger partial charge >= 0.3 is 0 Å². The maximum atomic E-state index is 5.68. The van der Waals surface area contributed by atoms with Crippen molar-refractivity contribution in [3.05, 3.63) is 60.2 Å². The quantitative estimate of drug-likeness (QED) is 0.734. The largest absolute Gasteiger partial charge is 0.489 e. The molecule has 0 spiro atoms. The Balaban J connectivity index is 1.94. The monoisotopic (exact) mass is 230 g/mol. The van der Waals surface area contributed by atoms with Gasteiger partial charge in [-0.3, -0.25) is 0 Å². The van der Waals surface area contributed by atoms with Gasteiger partial charge in [0.2, 0.25) is 0 Å². The molecule has 2 aromatic rings. The van der Waals surface area contributed by atoms with Crippen LogP contribution >= 0.6 is 11.8 Å². The van der Waals surface area contributed by atoms with Crippen LogP contribution in [0.3, 0.4) is 0 Å². The van der Waals surface area contributed by atoms with Crippen molar-refractivity contribution in [3.63, 3.8) is 0 Å². The molecule has 2 rings (SSSR count). The fourth-order valence-electron chi connectivity index (χ4n) is 1.41. The number of rotatable bonds is 4. The summed E-state index contributed by atoms with van der Waals surface area (Å²) < 4.78 is 5.68. The van der Waals surface area contributed by atoms with Gasteiger partial charge in [-0.25, -0.2) is 0 Å². The van der Waals surface area contributed by atoms with Crippen LogP contribution in [0, 0.1) is 0 Å². The highest BCUT2D eigenvalue weighted by Crippen LogP contribution is 2.19. The van der Waals surface area contributed by atoms with Crippen molar-refractivity contribution in [2.75, 3.05) is 6.26 Å². The third-order valence-electron chi connectivity index (χ3n) is 2.31. The number of ether oxygens (including phenoxy) is 1. The van der Waals surface area contributed by atoms with Crippen molar-refractivity contribution in [2.45, 2.75) is 11.5 Å². The molecule has 0 aliphatic heterocycles. The molecule has 0 amide bonds. The van der Waals surface area contributed by atoms with Crippen LogP contribution in [-0.4, -0.2) is 6.26 Å². The Hall–Kier alpha value is -1.41. The first-order valence-electron chi connectivity index (χ1n) is 5.19. The van der Waals surface area contributed by atoms with Gasteiger partial charge in [0.1, 0.15) is 12.4 Å². The first kappa shape index (κ1) is 11.1. The summed E-state index contributed by atoms with van der Waals surface area (Å²) in [6.07, 6.45) is 2.07. The smallest absolute Gasteiger partial charge is 0.119 e. The van der Waals surface area contributed by atoms with Gasteiger partial charge in [-0.15, -0.1) is 11.8 Å². The first-order valence-corrected chi connectivity index (χ1v) is 6.42. The zero-order chi connectivity index (χ0) is 11.2. The Bertz CT molecular complexity index is 422. The summed E-state index contributed by atoms with van der Waals surface area (Å²) in [5.41, 5.74) is 1.19. The van der Waals surface area contributed by atoms with Crippen molar-refractivity contribution in [1.29, 1.82) is 0 Å². The summed E-state index contributed by atoms with van der Waals surface area (Å²) in [5, 5.41) is 0. The summed E-state index contributed by atoms with van der Waals surface area (Å²) >= 11 is 1.74. The zero-order valence-electron chi connectivity index (χ0n) is 9.22. The standard InChI is InChI=1S/C14H14OS/c1-16-14-9-7-13(8-10-14)15-11-12-5-3-2-4-6-12/h2-10H,11H2,1H3. The van der Waals surface area contributed by atoms with E-state index >= 15 is 0 Å². The van der Waals surface area contributed by atoms with E-state index < -0.39 is 0 Å². The van der Waals surface area contributed by atoms with Gasteiger partial charge in [0, 0.05) is 4.90 Å². The van der Waals surface area contributed by atoms with Gasteiger partial charge in [0.25, 0.3) is 0 Å². The molecule has 0 aliphatic rings. The molecule has 0 unspecified atom stereocenters. The highest BCUT2D eigenvalue weighted by molar-refractivity contribution is 7.98. The topological polar surface area (TPSA) is 9.23 Å². The lowest BCUT2D eigenvalue weighted by atomic mass is 10.2. The number of hydrogen-bond donors (Lipinski definition) is 0. The predicted octanol–water partition coefficient (Wildman–Crippen LogP) is 3.99. The van der Waals surface area contributed by atoms with Crippen molar-refractivity contribution < 1.29 is 4.74 Å². The van der Waals surface area contributed by atoms with Gasteiger partial charge in [0.15, 0.2) is 0 Å². The lowest BCUT2D eigenvalue weighted by Crippen LogP contribution is -1.94.